The van der Waals surface area contributed by atoms with Gasteiger partial charge in [0.15, 0.2) is 11.5 Å². The molecule has 0 radical (unpaired) electrons. The minimum atomic E-state index is 0.544. The third kappa shape index (κ3) is 2.00. The summed E-state index contributed by atoms with van der Waals surface area (Å²) in [5, 5.41) is 5.45. The number of nitrogens with one attached hydrogen (secondary N) is 1. The van der Waals surface area contributed by atoms with Gasteiger partial charge in [0.1, 0.15) is 0 Å². The van der Waals surface area contributed by atoms with Gasteiger partial charge in [0, 0.05) is 25.0 Å². The van der Waals surface area contributed by atoms with Crippen LogP contribution in [0, 0.1) is 12.8 Å². The second-order valence-electron chi connectivity index (χ2n) is 5.09. The summed E-state index contributed by atoms with van der Waals surface area (Å²) in [7, 11) is 0. The molecule has 0 saturated heterocycles. The van der Waals surface area contributed by atoms with Crippen molar-refractivity contribution in [2.75, 3.05) is 18.4 Å². The molecule has 3 N–H and O–H groups in total. The predicted molar refractivity (Wildman–Crippen MR) is 77.2 cm³/mol. The van der Waals surface area contributed by atoms with E-state index >= 15 is 0 Å². The van der Waals surface area contributed by atoms with E-state index in [1.165, 1.54) is 0 Å². The fraction of sp³-hybridized carbons (Fsp3) is 0.429. The molecule has 0 bridgehead atoms. The molecule has 1 aliphatic carbocycles. The summed E-state index contributed by atoms with van der Waals surface area (Å²) in [6.45, 7) is 5.57. The van der Waals surface area contributed by atoms with Crippen molar-refractivity contribution in [3.63, 3.8) is 0 Å². The van der Waals surface area contributed by atoms with E-state index < -0.39 is 0 Å². The van der Waals surface area contributed by atoms with Crippen LogP contribution >= 0.6 is 0 Å². The van der Waals surface area contributed by atoms with Gasteiger partial charge in [-0.3, -0.25) is 4.40 Å². The van der Waals surface area contributed by atoms with Crippen LogP contribution in [0.2, 0.25) is 0 Å². The van der Waals surface area contributed by atoms with Crippen molar-refractivity contribution in [1.82, 2.24) is 14.4 Å². The molecule has 0 saturated carbocycles. The molecule has 5 nitrogen and oxygen atoms in total. The number of fused-ring (bicyclic) bond motifs is 3. The van der Waals surface area contributed by atoms with Gasteiger partial charge >= 0.3 is 0 Å². The topological polar surface area (TPSA) is 68.2 Å². The summed E-state index contributed by atoms with van der Waals surface area (Å²) < 4.78 is 2.17. The van der Waals surface area contributed by atoms with Gasteiger partial charge < -0.3 is 11.1 Å². The molecule has 0 fully saturated rings. The minimum absolute atomic E-state index is 0.544. The Morgan fingerprint density at radius 2 is 2.37 bits per heavy atom. The molecule has 0 amide bonds. The normalized spacial score (nSPS) is 17.7. The number of hydrogen-bond acceptors (Lipinski definition) is 4. The summed E-state index contributed by atoms with van der Waals surface area (Å²) in [6, 6.07) is 0. The number of hydrogen-bond donors (Lipinski definition) is 2. The number of rotatable bonds is 3. The van der Waals surface area contributed by atoms with E-state index in [-0.39, 0.29) is 0 Å². The first-order valence-electron chi connectivity index (χ1n) is 6.70. The standard InChI is InChI=1S/C14H19N5/c1-9-3-4-11-12(7-9)19-10(2)8-17-14(19)13(18-11)16-6-5-15/h4,7-9H,3,5-6,15H2,1-2H3,(H,16,18). The summed E-state index contributed by atoms with van der Waals surface area (Å²) in [6.07, 6.45) is 7.40. The van der Waals surface area contributed by atoms with Crippen LogP contribution in [0.3, 0.4) is 0 Å². The maximum absolute atomic E-state index is 5.55. The minimum Gasteiger partial charge on any atom is -0.366 e. The maximum Gasteiger partial charge on any atom is 0.180 e. The van der Waals surface area contributed by atoms with Gasteiger partial charge in [0.25, 0.3) is 0 Å². The number of anilines is 1. The average molecular weight is 257 g/mol. The monoisotopic (exact) mass is 257 g/mol. The fourth-order valence-corrected chi connectivity index (χ4v) is 2.50. The van der Waals surface area contributed by atoms with Crippen LogP contribution in [0.25, 0.3) is 17.8 Å². The van der Waals surface area contributed by atoms with E-state index in [0.29, 0.717) is 19.0 Å². The highest BCUT2D eigenvalue weighted by atomic mass is 15.1. The predicted octanol–water partition coefficient (Wildman–Crippen LogP) is 0.00912. The highest BCUT2D eigenvalue weighted by Gasteiger charge is 2.12. The quantitative estimate of drug-likeness (QED) is 0.813. The second-order valence-corrected chi connectivity index (χ2v) is 5.09. The SMILES string of the molecule is Cc1cnc2c(NCCN)nc3c(n12)=CC(C)CC=3. The van der Waals surface area contributed by atoms with E-state index in [1.807, 2.05) is 6.20 Å². The Morgan fingerprint density at radius 1 is 1.53 bits per heavy atom. The number of imidazole rings is 1. The lowest BCUT2D eigenvalue weighted by atomic mass is 10.0. The van der Waals surface area contributed by atoms with Crippen LogP contribution in [0.4, 0.5) is 5.82 Å². The molecule has 5 heteroatoms. The molecule has 100 valence electrons. The molecule has 1 aliphatic rings. The van der Waals surface area contributed by atoms with E-state index in [2.05, 4.69) is 45.7 Å². The van der Waals surface area contributed by atoms with Crippen molar-refractivity contribution in [3.05, 3.63) is 22.6 Å². The Kier molecular flexibility index (Phi) is 2.98. The first kappa shape index (κ1) is 12.2. The zero-order valence-corrected chi connectivity index (χ0v) is 11.3. The molecule has 3 rings (SSSR count). The van der Waals surface area contributed by atoms with Crippen molar-refractivity contribution in [1.29, 1.82) is 0 Å². The van der Waals surface area contributed by atoms with Crippen molar-refractivity contribution >= 4 is 23.6 Å². The molecule has 1 unspecified atom stereocenters. The van der Waals surface area contributed by atoms with E-state index in [9.17, 15) is 0 Å². The third-order valence-corrected chi connectivity index (χ3v) is 3.45. The molecular weight excluding hydrogens is 238 g/mol. The summed E-state index contributed by atoms with van der Waals surface area (Å²) in [5.41, 5.74) is 7.56. The average Bonchev–Trinajstić information content (AvgIpc) is 2.79. The zero-order valence-electron chi connectivity index (χ0n) is 11.3. The summed E-state index contributed by atoms with van der Waals surface area (Å²) in [4.78, 5) is 9.16. The molecule has 0 aromatic carbocycles. The fourth-order valence-electron chi connectivity index (χ4n) is 2.50. The van der Waals surface area contributed by atoms with E-state index in [1.54, 1.807) is 0 Å². The Morgan fingerprint density at radius 3 is 3.16 bits per heavy atom. The third-order valence-electron chi connectivity index (χ3n) is 3.45. The molecule has 0 spiro atoms. The van der Waals surface area contributed by atoms with Gasteiger partial charge in [0.05, 0.1) is 10.7 Å². The maximum atomic E-state index is 5.55. The van der Waals surface area contributed by atoms with Crippen LogP contribution in [0.1, 0.15) is 19.0 Å². The van der Waals surface area contributed by atoms with E-state index in [0.717, 1.165) is 34.3 Å². The Labute approximate surface area is 111 Å². The van der Waals surface area contributed by atoms with Crippen LogP contribution in [-0.4, -0.2) is 27.5 Å². The molecule has 0 aliphatic heterocycles. The summed E-state index contributed by atoms with van der Waals surface area (Å²) in [5.74, 6) is 1.36. The van der Waals surface area contributed by atoms with Gasteiger partial charge in [-0.25, -0.2) is 9.97 Å². The van der Waals surface area contributed by atoms with Gasteiger partial charge in [-0.05, 0) is 19.3 Å². The summed E-state index contributed by atoms with van der Waals surface area (Å²) >= 11 is 0. The van der Waals surface area contributed by atoms with Crippen LogP contribution in [-0.2, 0) is 0 Å². The van der Waals surface area contributed by atoms with Crippen molar-refractivity contribution in [2.24, 2.45) is 11.7 Å². The van der Waals surface area contributed by atoms with Crippen molar-refractivity contribution in [3.8, 4) is 0 Å². The molecule has 19 heavy (non-hydrogen) atoms. The van der Waals surface area contributed by atoms with Gasteiger partial charge in [-0.15, -0.1) is 0 Å². The van der Waals surface area contributed by atoms with Gasteiger partial charge in [-0.2, -0.15) is 0 Å². The van der Waals surface area contributed by atoms with Gasteiger partial charge in [0.2, 0.25) is 0 Å². The number of aromatic nitrogens is 3. The molecular formula is C14H19N5. The second kappa shape index (κ2) is 4.66. The van der Waals surface area contributed by atoms with E-state index in [4.69, 9.17) is 5.73 Å². The Balaban J connectivity index is 2.33. The first-order valence-corrected chi connectivity index (χ1v) is 6.70. The lowest BCUT2D eigenvalue weighted by molar-refractivity contribution is 0.782. The van der Waals surface area contributed by atoms with Crippen molar-refractivity contribution < 1.29 is 0 Å². The molecule has 1 atom stereocenters. The number of aryl methyl sites for hydroxylation is 1. The van der Waals surface area contributed by atoms with Crippen LogP contribution in [0.15, 0.2) is 6.20 Å². The Bertz CT molecular complexity index is 728. The smallest absolute Gasteiger partial charge is 0.180 e. The molecule has 2 heterocycles. The Hall–Kier alpha value is -1.88. The van der Waals surface area contributed by atoms with Crippen LogP contribution < -0.4 is 21.7 Å². The molecule has 2 aromatic heterocycles. The highest BCUT2D eigenvalue weighted by molar-refractivity contribution is 5.64. The number of nitrogens with two attached hydrogens (primary N) is 1. The number of nitrogens with zero attached hydrogens (tertiary/aromatic N) is 3. The first-order chi connectivity index (χ1) is 9.20. The van der Waals surface area contributed by atoms with Gasteiger partial charge in [-0.1, -0.05) is 19.1 Å². The molecule has 2 aromatic rings. The van der Waals surface area contributed by atoms with Crippen LogP contribution in [0.5, 0.6) is 0 Å². The zero-order chi connectivity index (χ0) is 13.4. The highest BCUT2D eigenvalue weighted by Crippen LogP contribution is 2.12. The van der Waals surface area contributed by atoms with Crippen molar-refractivity contribution in [2.45, 2.75) is 20.3 Å². The lowest BCUT2D eigenvalue weighted by Crippen LogP contribution is -2.38. The lowest BCUT2D eigenvalue weighted by Gasteiger charge is -2.12. The largest absolute Gasteiger partial charge is 0.366 e.